The van der Waals surface area contributed by atoms with Crippen LogP contribution in [0.4, 0.5) is 0 Å². The van der Waals surface area contributed by atoms with E-state index in [1.54, 1.807) is 25.1 Å². The molecule has 2 heterocycles. The molecule has 23 heavy (non-hydrogen) atoms. The van der Waals surface area contributed by atoms with Gasteiger partial charge in [0.25, 0.3) is 0 Å². The summed E-state index contributed by atoms with van der Waals surface area (Å²) in [6, 6.07) is 5.76. The predicted octanol–water partition coefficient (Wildman–Crippen LogP) is 3.31. The highest BCUT2D eigenvalue weighted by Crippen LogP contribution is 2.26. The number of hydrogen-bond donors (Lipinski definition) is 2. The Morgan fingerprint density at radius 2 is 2.04 bits per heavy atom. The lowest BCUT2D eigenvalue weighted by Gasteiger charge is -2.05. The van der Waals surface area contributed by atoms with E-state index in [4.69, 9.17) is 4.74 Å². The molecule has 6 heteroatoms. The van der Waals surface area contributed by atoms with Crippen molar-refractivity contribution in [3.8, 4) is 5.75 Å². The number of benzene rings is 1. The number of fused-ring (bicyclic) bond motifs is 1. The molecule has 0 fully saturated rings. The Kier molecular flexibility index (Phi) is 4.17. The van der Waals surface area contributed by atoms with E-state index in [9.17, 15) is 5.21 Å². The number of nitrogens with zero attached hydrogens (tertiary/aromatic N) is 2. The van der Waals surface area contributed by atoms with Gasteiger partial charge in [0.2, 0.25) is 11.9 Å². The van der Waals surface area contributed by atoms with Crippen LogP contribution in [-0.4, -0.2) is 22.3 Å². The van der Waals surface area contributed by atoms with Gasteiger partial charge in [-0.25, -0.2) is 4.98 Å². The largest absolute Gasteiger partial charge is 0.497 e. The molecule has 0 saturated heterocycles. The second kappa shape index (κ2) is 6.12. The highest BCUT2D eigenvalue weighted by molar-refractivity contribution is 7.98. The normalized spacial score (nSPS) is 11.1. The smallest absolute Gasteiger partial charge is 0.247 e. The van der Waals surface area contributed by atoms with Gasteiger partial charge in [-0.2, -0.15) is 0 Å². The molecule has 0 atom stereocenters. The quantitative estimate of drug-likeness (QED) is 0.438. The number of hydrogen-bond acceptors (Lipinski definition) is 4. The maximum absolute atomic E-state index is 10.1. The number of aromatic nitrogens is 3. The SMILES string of the molecule is COc1ccc2nc(SCc3c(C)c(C)c(C)c[n+]3O)[nH]c2c1. The molecule has 3 aromatic rings. The van der Waals surface area contributed by atoms with Gasteiger partial charge in [-0.3, -0.25) is 5.21 Å². The number of thioether (sulfide) groups is 1. The maximum atomic E-state index is 10.1. The van der Waals surface area contributed by atoms with Crippen molar-refractivity contribution < 1.29 is 14.7 Å². The lowest BCUT2D eigenvalue weighted by molar-refractivity contribution is -0.909. The zero-order chi connectivity index (χ0) is 16.6. The molecule has 0 radical (unpaired) electrons. The Hall–Kier alpha value is -2.21. The first-order valence-electron chi connectivity index (χ1n) is 7.36. The molecule has 0 unspecified atom stereocenters. The molecular weight excluding hydrogens is 310 g/mol. The van der Waals surface area contributed by atoms with Gasteiger partial charge < -0.3 is 9.72 Å². The molecule has 120 valence electrons. The minimum atomic E-state index is 0.639. The number of rotatable bonds is 4. The van der Waals surface area contributed by atoms with Gasteiger partial charge in [-0.15, -0.1) is 0 Å². The van der Waals surface area contributed by atoms with Crippen LogP contribution in [0.15, 0.2) is 29.6 Å². The van der Waals surface area contributed by atoms with Crippen molar-refractivity contribution in [2.75, 3.05) is 7.11 Å². The topological polar surface area (TPSA) is 62.0 Å². The molecule has 5 nitrogen and oxygen atoms in total. The van der Waals surface area contributed by atoms with Crippen molar-refractivity contribution in [2.45, 2.75) is 31.7 Å². The van der Waals surface area contributed by atoms with Crippen LogP contribution in [0.3, 0.4) is 0 Å². The molecule has 0 spiro atoms. The number of aryl methyl sites for hydroxylation is 1. The summed E-state index contributed by atoms with van der Waals surface area (Å²) in [5.74, 6) is 1.44. The van der Waals surface area contributed by atoms with Gasteiger partial charge in [0.1, 0.15) is 5.75 Å². The molecule has 3 rings (SSSR count). The molecule has 0 bridgehead atoms. The summed E-state index contributed by atoms with van der Waals surface area (Å²) in [6.45, 7) is 6.11. The third kappa shape index (κ3) is 2.99. The van der Waals surface area contributed by atoms with Gasteiger partial charge >= 0.3 is 0 Å². The first kappa shape index (κ1) is 15.7. The highest BCUT2D eigenvalue weighted by Gasteiger charge is 2.19. The number of methoxy groups -OCH3 is 1. The van der Waals surface area contributed by atoms with Crippen molar-refractivity contribution in [2.24, 2.45) is 0 Å². The summed E-state index contributed by atoms with van der Waals surface area (Å²) in [7, 11) is 1.65. The molecule has 0 aliphatic rings. The average molecular weight is 330 g/mol. The van der Waals surface area contributed by atoms with Crippen LogP contribution in [0.5, 0.6) is 5.75 Å². The second-order valence-electron chi connectivity index (χ2n) is 5.57. The monoisotopic (exact) mass is 330 g/mol. The van der Waals surface area contributed by atoms with E-state index >= 15 is 0 Å². The molecule has 2 N–H and O–H groups in total. The minimum absolute atomic E-state index is 0.639. The lowest BCUT2D eigenvalue weighted by atomic mass is 10.1. The molecule has 0 saturated carbocycles. The Balaban J connectivity index is 1.85. The summed E-state index contributed by atoms with van der Waals surface area (Å²) in [5.41, 5.74) is 6.13. The Morgan fingerprint density at radius 1 is 1.26 bits per heavy atom. The fourth-order valence-corrected chi connectivity index (χ4v) is 3.48. The Bertz CT molecular complexity index is 874. The fourth-order valence-electron chi connectivity index (χ4n) is 2.51. The fraction of sp³-hybridized carbons (Fsp3) is 0.294. The van der Waals surface area contributed by atoms with Crippen LogP contribution >= 0.6 is 11.8 Å². The first-order chi connectivity index (χ1) is 11.0. The van der Waals surface area contributed by atoms with Gasteiger partial charge in [0.05, 0.1) is 23.9 Å². The van der Waals surface area contributed by atoms with Gasteiger partial charge in [-0.1, -0.05) is 11.8 Å². The molecule has 0 aliphatic carbocycles. The van der Waals surface area contributed by atoms with Crippen molar-refractivity contribution >= 4 is 22.8 Å². The third-order valence-electron chi connectivity index (χ3n) is 4.19. The number of pyridine rings is 1. The molecular formula is C17H20N3O2S+. The number of imidazole rings is 1. The van der Waals surface area contributed by atoms with Crippen molar-refractivity contribution in [3.05, 3.63) is 46.8 Å². The average Bonchev–Trinajstić information content (AvgIpc) is 2.94. The third-order valence-corrected chi connectivity index (χ3v) is 5.08. The Morgan fingerprint density at radius 3 is 2.78 bits per heavy atom. The molecule has 0 aliphatic heterocycles. The van der Waals surface area contributed by atoms with Crippen molar-refractivity contribution in [1.82, 2.24) is 9.97 Å². The summed E-state index contributed by atoms with van der Waals surface area (Å²) in [5, 5.41) is 11.0. The number of nitrogens with one attached hydrogen (secondary N) is 1. The van der Waals surface area contributed by atoms with Crippen LogP contribution in [-0.2, 0) is 5.75 Å². The van der Waals surface area contributed by atoms with Crippen molar-refractivity contribution in [3.63, 3.8) is 0 Å². The second-order valence-corrected chi connectivity index (χ2v) is 6.53. The number of aromatic amines is 1. The summed E-state index contributed by atoms with van der Waals surface area (Å²) in [6.07, 6.45) is 1.75. The van der Waals surface area contributed by atoms with Crippen LogP contribution in [0, 0.1) is 20.8 Å². The van der Waals surface area contributed by atoms with Crippen molar-refractivity contribution in [1.29, 1.82) is 0 Å². The standard InChI is InChI=1S/C17H20N3O2S/c1-10-8-20(21)16(12(3)11(10)2)9-23-17-18-14-6-5-13(22-4)7-15(14)19-17/h5-8,21H,9H2,1-4H3,(H,18,19)/q+1. The molecule has 0 amide bonds. The van der Waals surface area contributed by atoms with E-state index in [1.807, 2.05) is 32.0 Å². The zero-order valence-corrected chi connectivity index (χ0v) is 14.5. The van der Waals surface area contributed by atoms with Crippen LogP contribution in [0.25, 0.3) is 11.0 Å². The molecule has 2 aromatic heterocycles. The summed E-state index contributed by atoms with van der Waals surface area (Å²) < 4.78 is 6.44. The van der Waals surface area contributed by atoms with E-state index in [1.165, 1.54) is 10.3 Å². The van der Waals surface area contributed by atoms with E-state index in [0.717, 1.165) is 38.8 Å². The number of H-pyrrole nitrogens is 1. The van der Waals surface area contributed by atoms with Gasteiger partial charge in [0, 0.05) is 21.9 Å². The van der Waals surface area contributed by atoms with E-state index in [2.05, 4.69) is 16.9 Å². The number of ether oxygens (including phenoxy) is 1. The van der Waals surface area contributed by atoms with E-state index in [-0.39, 0.29) is 0 Å². The van der Waals surface area contributed by atoms with Gasteiger partial charge in [0.15, 0.2) is 5.16 Å². The zero-order valence-electron chi connectivity index (χ0n) is 13.7. The highest BCUT2D eigenvalue weighted by atomic mass is 32.2. The van der Waals surface area contributed by atoms with E-state index < -0.39 is 0 Å². The lowest BCUT2D eigenvalue weighted by Crippen LogP contribution is -2.36. The Labute approximate surface area is 139 Å². The summed E-state index contributed by atoms with van der Waals surface area (Å²) in [4.78, 5) is 7.85. The first-order valence-corrected chi connectivity index (χ1v) is 8.35. The molecule has 1 aromatic carbocycles. The van der Waals surface area contributed by atoms with Gasteiger partial charge in [-0.05, 0) is 38.5 Å². The minimum Gasteiger partial charge on any atom is -0.497 e. The predicted molar refractivity (Wildman–Crippen MR) is 90.2 cm³/mol. The van der Waals surface area contributed by atoms with Crippen LogP contribution in [0.2, 0.25) is 0 Å². The summed E-state index contributed by atoms with van der Waals surface area (Å²) >= 11 is 1.57. The van der Waals surface area contributed by atoms with Crippen LogP contribution < -0.4 is 9.47 Å². The van der Waals surface area contributed by atoms with Crippen LogP contribution in [0.1, 0.15) is 22.4 Å². The maximum Gasteiger partial charge on any atom is 0.247 e. The van der Waals surface area contributed by atoms with E-state index in [0.29, 0.717) is 5.75 Å².